The molecule has 2 unspecified atom stereocenters. The molecule has 2 atom stereocenters. The van der Waals surface area contributed by atoms with Gasteiger partial charge in [0.15, 0.2) is 0 Å². The molecular weight excluding hydrogens is 502 g/mol. The lowest BCUT2D eigenvalue weighted by atomic mass is 9.94. The number of alkyl carbamates (subject to hydrolysis) is 1. The lowest BCUT2D eigenvalue weighted by Crippen LogP contribution is -2.56. The Morgan fingerprint density at radius 3 is 2.10 bits per heavy atom. The molecule has 1 aliphatic rings. The van der Waals surface area contributed by atoms with Gasteiger partial charge >= 0.3 is 6.09 Å². The maximum absolute atomic E-state index is 14.4. The number of benzene rings is 2. The summed E-state index contributed by atoms with van der Waals surface area (Å²) in [4.78, 5) is 42.9. The van der Waals surface area contributed by atoms with Crippen LogP contribution in [0, 0.1) is 0 Å². The lowest BCUT2D eigenvalue weighted by molar-refractivity contribution is -0.145. The van der Waals surface area contributed by atoms with E-state index in [0.29, 0.717) is 0 Å². The molecule has 0 aliphatic heterocycles. The van der Waals surface area contributed by atoms with Crippen molar-refractivity contribution in [1.29, 1.82) is 0 Å². The Balaban J connectivity index is 1.99. The molecule has 2 aromatic carbocycles. The standard InChI is InChI=1S/C33H47N3O4/c1-7-24-18-20-26(21-19-24)29(30(37)34-27-16-12-9-13-17-27)36(23(2)3)31(38)28(22-25-14-10-8-11-15-25)35-32(39)40-33(4,5)6/h8,10-11,14-15,18-21,23,27-29H,7,9,12-13,16-17,22H2,1-6H3,(H,34,37)(H,35,39). The second-order valence-electron chi connectivity index (χ2n) is 12.1. The van der Waals surface area contributed by atoms with E-state index in [9.17, 15) is 14.4 Å². The fourth-order valence-corrected chi connectivity index (χ4v) is 5.26. The molecule has 0 aromatic heterocycles. The largest absolute Gasteiger partial charge is 0.444 e. The molecule has 0 radical (unpaired) electrons. The third-order valence-corrected chi connectivity index (χ3v) is 7.26. The zero-order valence-corrected chi connectivity index (χ0v) is 25.0. The monoisotopic (exact) mass is 549 g/mol. The van der Waals surface area contributed by atoms with Crippen LogP contribution in [0.15, 0.2) is 54.6 Å². The second kappa shape index (κ2) is 14.3. The van der Waals surface area contributed by atoms with Gasteiger partial charge in [-0.25, -0.2) is 4.79 Å². The van der Waals surface area contributed by atoms with Gasteiger partial charge in [0.1, 0.15) is 17.7 Å². The summed E-state index contributed by atoms with van der Waals surface area (Å²) in [5.41, 5.74) is 2.09. The van der Waals surface area contributed by atoms with Crippen LogP contribution in [0.3, 0.4) is 0 Å². The molecule has 1 fully saturated rings. The first-order chi connectivity index (χ1) is 19.0. The number of hydrogen-bond donors (Lipinski definition) is 2. The van der Waals surface area contributed by atoms with Crippen LogP contribution in [-0.4, -0.2) is 46.5 Å². The Kier molecular flexibility index (Phi) is 11.2. The van der Waals surface area contributed by atoms with Gasteiger partial charge in [-0.05, 0) is 70.6 Å². The Labute approximate surface area is 240 Å². The molecule has 218 valence electrons. The number of aryl methyl sites for hydroxylation is 1. The van der Waals surface area contributed by atoms with Gasteiger partial charge in [-0.15, -0.1) is 0 Å². The summed E-state index contributed by atoms with van der Waals surface area (Å²) in [7, 11) is 0. The molecule has 0 heterocycles. The van der Waals surface area contributed by atoms with Crippen LogP contribution in [0.2, 0.25) is 0 Å². The molecule has 2 aromatic rings. The van der Waals surface area contributed by atoms with E-state index in [0.717, 1.165) is 48.8 Å². The fourth-order valence-electron chi connectivity index (χ4n) is 5.26. The highest BCUT2D eigenvalue weighted by Gasteiger charge is 2.38. The van der Waals surface area contributed by atoms with Gasteiger partial charge in [-0.2, -0.15) is 0 Å². The number of hydrogen-bond acceptors (Lipinski definition) is 4. The van der Waals surface area contributed by atoms with Crippen LogP contribution < -0.4 is 10.6 Å². The number of amides is 3. The normalized spacial score (nSPS) is 15.7. The fraction of sp³-hybridized carbons (Fsp3) is 0.545. The average Bonchev–Trinajstić information content (AvgIpc) is 2.91. The van der Waals surface area contributed by atoms with Crippen molar-refractivity contribution in [3.8, 4) is 0 Å². The first-order valence-electron chi connectivity index (χ1n) is 14.7. The highest BCUT2D eigenvalue weighted by atomic mass is 16.6. The summed E-state index contributed by atoms with van der Waals surface area (Å²) in [6, 6.07) is 15.5. The smallest absolute Gasteiger partial charge is 0.408 e. The SMILES string of the molecule is CCc1ccc(C(C(=O)NC2CCCCC2)N(C(=O)C(Cc2ccccc2)NC(=O)OC(C)(C)C)C(C)C)cc1. The zero-order chi connectivity index (χ0) is 29.3. The summed E-state index contributed by atoms with van der Waals surface area (Å²) in [6.45, 7) is 11.3. The quantitative estimate of drug-likeness (QED) is 0.374. The van der Waals surface area contributed by atoms with E-state index in [1.54, 1.807) is 25.7 Å². The summed E-state index contributed by atoms with van der Waals surface area (Å²) in [5.74, 6) is -0.512. The first-order valence-corrected chi connectivity index (χ1v) is 14.7. The van der Waals surface area contributed by atoms with Crippen molar-refractivity contribution in [2.24, 2.45) is 0 Å². The summed E-state index contributed by atoms with van der Waals surface area (Å²) in [6.07, 6.45) is 5.74. The summed E-state index contributed by atoms with van der Waals surface area (Å²) >= 11 is 0. The molecule has 3 rings (SSSR count). The number of ether oxygens (including phenoxy) is 1. The number of rotatable bonds is 10. The van der Waals surface area contributed by atoms with Crippen molar-refractivity contribution in [1.82, 2.24) is 15.5 Å². The van der Waals surface area contributed by atoms with Crippen molar-refractivity contribution in [3.63, 3.8) is 0 Å². The maximum Gasteiger partial charge on any atom is 0.408 e. The summed E-state index contributed by atoms with van der Waals surface area (Å²) in [5, 5.41) is 6.07. The minimum atomic E-state index is -0.917. The topological polar surface area (TPSA) is 87.7 Å². The molecule has 7 nitrogen and oxygen atoms in total. The third kappa shape index (κ3) is 9.10. The van der Waals surface area contributed by atoms with Crippen LogP contribution >= 0.6 is 0 Å². The highest BCUT2D eigenvalue weighted by Crippen LogP contribution is 2.28. The number of carbonyl (C=O) groups excluding carboxylic acids is 3. The van der Waals surface area contributed by atoms with Crippen LogP contribution in [0.1, 0.15) is 96.4 Å². The molecule has 1 aliphatic carbocycles. The predicted molar refractivity (Wildman–Crippen MR) is 159 cm³/mol. The van der Waals surface area contributed by atoms with Crippen molar-refractivity contribution in [3.05, 3.63) is 71.3 Å². The number of nitrogens with zero attached hydrogens (tertiary/aromatic N) is 1. The van der Waals surface area contributed by atoms with Gasteiger partial charge in [0.25, 0.3) is 0 Å². The Morgan fingerprint density at radius 2 is 1.55 bits per heavy atom. The van der Waals surface area contributed by atoms with E-state index in [-0.39, 0.29) is 30.3 Å². The molecule has 7 heteroatoms. The van der Waals surface area contributed by atoms with Crippen molar-refractivity contribution >= 4 is 17.9 Å². The van der Waals surface area contributed by atoms with Crippen molar-refractivity contribution < 1.29 is 19.1 Å². The van der Waals surface area contributed by atoms with Crippen LogP contribution in [0.25, 0.3) is 0 Å². The molecule has 40 heavy (non-hydrogen) atoms. The molecular formula is C33H47N3O4. The van der Waals surface area contributed by atoms with Gasteiger partial charge in [0.05, 0.1) is 0 Å². The first kappa shape index (κ1) is 31.2. The van der Waals surface area contributed by atoms with Crippen LogP contribution in [0.5, 0.6) is 0 Å². The van der Waals surface area contributed by atoms with Gasteiger partial charge in [0, 0.05) is 18.5 Å². The van der Waals surface area contributed by atoms with E-state index in [1.165, 1.54) is 6.42 Å². The molecule has 0 spiro atoms. The van der Waals surface area contributed by atoms with Crippen molar-refractivity contribution in [2.45, 2.75) is 116 Å². The minimum Gasteiger partial charge on any atom is -0.444 e. The molecule has 3 amide bonds. The van der Waals surface area contributed by atoms with E-state index in [2.05, 4.69) is 17.6 Å². The summed E-state index contributed by atoms with van der Waals surface area (Å²) < 4.78 is 5.51. The van der Waals surface area contributed by atoms with E-state index < -0.39 is 23.8 Å². The lowest BCUT2D eigenvalue weighted by Gasteiger charge is -2.38. The van der Waals surface area contributed by atoms with Gasteiger partial charge in [0.2, 0.25) is 11.8 Å². The Morgan fingerprint density at radius 1 is 0.925 bits per heavy atom. The van der Waals surface area contributed by atoms with E-state index in [1.807, 2.05) is 68.4 Å². The van der Waals surface area contributed by atoms with Gasteiger partial charge in [-0.3, -0.25) is 9.59 Å². The second-order valence-corrected chi connectivity index (χ2v) is 12.1. The molecule has 0 saturated heterocycles. The number of carbonyl (C=O) groups is 3. The van der Waals surface area contributed by atoms with E-state index >= 15 is 0 Å². The minimum absolute atomic E-state index is 0.0998. The van der Waals surface area contributed by atoms with E-state index in [4.69, 9.17) is 4.74 Å². The van der Waals surface area contributed by atoms with Crippen LogP contribution in [0.4, 0.5) is 4.79 Å². The molecule has 2 N–H and O–H groups in total. The zero-order valence-electron chi connectivity index (χ0n) is 25.0. The Bertz CT molecular complexity index is 1100. The maximum atomic E-state index is 14.4. The van der Waals surface area contributed by atoms with Gasteiger partial charge < -0.3 is 20.3 Å². The van der Waals surface area contributed by atoms with Gasteiger partial charge in [-0.1, -0.05) is 80.8 Å². The Hall–Kier alpha value is -3.35. The highest BCUT2D eigenvalue weighted by molar-refractivity contribution is 5.92. The third-order valence-electron chi connectivity index (χ3n) is 7.26. The predicted octanol–water partition coefficient (Wildman–Crippen LogP) is 6.11. The average molecular weight is 550 g/mol. The molecule has 0 bridgehead atoms. The number of nitrogens with one attached hydrogen (secondary N) is 2. The molecule has 1 saturated carbocycles. The van der Waals surface area contributed by atoms with Crippen LogP contribution in [-0.2, 0) is 27.2 Å². The van der Waals surface area contributed by atoms with Crippen molar-refractivity contribution in [2.75, 3.05) is 0 Å².